The van der Waals surface area contributed by atoms with Crippen molar-refractivity contribution in [2.24, 2.45) is 7.05 Å². The van der Waals surface area contributed by atoms with Crippen molar-refractivity contribution < 1.29 is 9.53 Å². The fourth-order valence-electron chi connectivity index (χ4n) is 3.29. The molecule has 0 N–H and O–H groups in total. The number of fused-ring (bicyclic) bond motifs is 1. The normalized spacial score (nSPS) is 15.0. The van der Waals surface area contributed by atoms with E-state index in [9.17, 15) is 4.79 Å². The highest BCUT2D eigenvalue weighted by molar-refractivity contribution is 6.29. The van der Waals surface area contributed by atoms with Gasteiger partial charge in [0.25, 0.3) is 0 Å². The summed E-state index contributed by atoms with van der Waals surface area (Å²) >= 11 is 6.02. The maximum absolute atomic E-state index is 12.2. The molecule has 8 heteroatoms. The summed E-state index contributed by atoms with van der Waals surface area (Å²) in [6.07, 6.45) is 3.51. The molecule has 0 atom stereocenters. The van der Waals surface area contributed by atoms with E-state index in [2.05, 4.69) is 15.1 Å². The van der Waals surface area contributed by atoms with E-state index >= 15 is 0 Å². The molecule has 28 heavy (non-hydrogen) atoms. The van der Waals surface area contributed by atoms with Crippen LogP contribution in [-0.2, 0) is 11.8 Å². The zero-order valence-corrected chi connectivity index (χ0v) is 17.1. The first-order chi connectivity index (χ1) is 13.2. The molecule has 0 spiro atoms. The van der Waals surface area contributed by atoms with Crippen LogP contribution in [0.25, 0.3) is 22.2 Å². The lowest BCUT2D eigenvalue weighted by Crippen LogP contribution is -2.50. The van der Waals surface area contributed by atoms with E-state index in [1.165, 1.54) is 0 Å². The lowest BCUT2D eigenvalue weighted by atomic mass is 9.92. The third kappa shape index (κ3) is 3.67. The molecule has 1 amide bonds. The second-order valence-electron chi connectivity index (χ2n) is 8.08. The van der Waals surface area contributed by atoms with Gasteiger partial charge in [0.15, 0.2) is 0 Å². The maximum atomic E-state index is 12.2. The number of hydrogen-bond donors (Lipinski definition) is 0. The van der Waals surface area contributed by atoms with Gasteiger partial charge in [-0.1, -0.05) is 11.6 Å². The van der Waals surface area contributed by atoms with Crippen molar-refractivity contribution in [1.82, 2.24) is 24.6 Å². The number of aromatic nitrogens is 4. The Labute approximate surface area is 168 Å². The van der Waals surface area contributed by atoms with E-state index in [-0.39, 0.29) is 12.0 Å². The van der Waals surface area contributed by atoms with Crippen molar-refractivity contribution in [2.75, 3.05) is 13.1 Å². The average molecular weight is 400 g/mol. The van der Waals surface area contributed by atoms with Crippen molar-refractivity contribution in [2.45, 2.75) is 32.3 Å². The van der Waals surface area contributed by atoms with Gasteiger partial charge in [0.2, 0.25) is 0 Å². The van der Waals surface area contributed by atoms with E-state index in [0.29, 0.717) is 18.2 Å². The van der Waals surface area contributed by atoms with Gasteiger partial charge >= 0.3 is 6.09 Å². The molecule has 1 aliphatic heterocycles. The number of pyridine rings is 2. The Bertz CT molecular complexity index is 1050. The lowest BCUT2D eigenvalue weighted by molar-refractivity contribution is 0.00788. The average Bonchev–Trinajstić information content (AvgIpc) is 2.92. The molecule has 1 saturated heterocycles. The lowest BCUT2D eigenvalue weighted by Gasteiger charge is -2.39. The fraction of sp³-hybridized carbons (Fsp3) is 0.400. The molecule has 146 valence electrons. The molecule has 0 bridgehead atoms. The minimum atomic E-state index is -0.497. The Balaban J connectivity index is 1.58. The third-order valence-electron chi connectivity index (χ3n) is 4.59. The standard InChI is InChI=1S/C20H22ClN5O2/c1-20(2,3)28-19(27)26-9-13(10-26)18-14(11-25(4)24-18)12-7-16-15(22-8-12)5-6-17(21)23-16/h5-8,11,13H,9-10H2,1-4H3. The number of carbonyl (C=O) groups excluding carboxylic acids is 1. The molecule has 3 aromatic heterocycles. The Morgan fingerprint density at radius 3 is 2.71 bits per heavy atom. The SMILES string of the molecule is Cn1cc(-c2cnc3ccc(Cl)nc3c2)c(C2CN(C(=O)OC(C)(C)C)C2)n1. The number of amides is 1. The smallest absolute Gasteiger partial charge is 0.410 e. The van der Waals surface area contributed by atoms with E-state index < -0.39 is 5.60 Å². The van der Waals surface area contributed by atoms with Crippen LogP contribution >= 0.6 is 11.6 Å². The Hall–Kier alpha value is -2.67. The van der Waals surface area contributed by atoms with Crippen LogP contribution in [0.4, 0.5) is 4.79 Å². The van der Waals surface area contributed by atoms with Crippen LogP contribution in [0.1, 0.15) is 32.4 Å². The van der Waals surface area contributed by atoms with Crippen LogP contribution in [0.5, 0.6) is 0 Å². The first kappa shape index (κ1) is 18.7. The molecule has 0 aliphatic carbocycles. The molecule has 4 heterocycles. The van der Waals surface area contributed by atoms with E-state index in [4.69, 9.17) is 16.3 Å². The zero-order valence-electron chi connectivity index (χ0n) is 16.3. The van der Waals surface area contributed by atoms with Crippen LogP contribution < -0.4 is 0 Å². The fourth-order valence-corrected chi connectivity index (χ4v) is 3.44. The molecule has 0 saturated carbocycles. The zero-order chi connectivity index (χ0) is 20.1. The molecule has 4 rings (SSSR count). The first-order valence-electron chi connectivity index (χ1n) is 9.14. The summed E-state index contributed by atoms with van der Waals surface area (Å²) in [5.74, 6) is 0.159. The van der Waals surface area contributed by atoms with Crippen LogP contribution in [0.15, 0.2) is 30.6 Å². The van der Waals surface area contributed by atoms with Gasteiger partial charge in [0, 0.05) is 49.6 Å². The van der Waals surface area contributed by atoms with Gasteiger partial charge in [-0.15, -0.1) is 0 Å². The minimum absolute atomic E-state index is 0.159. The largest absolute Gasteiger partial charge is 0.444 e. The summed E-state index contributed by atoms with van der Waals surface area (Å²) in [7, 11) is 1.89. The number of aryl methyl sites for hydroxylation is 1. The Morgan fingerprint density at radius 1 is 1.25 bits per heavy atom. The molecule has 3 aromatic rings. The van der Waals surface area contributed by atoms with Gasteiger partial charge in [0.1, 0.15) is 10.8 Å². The van der Waals surface area contributed by atoms with E-state index in [0.717, 1.165) is 27.9 Å². The van der Waals surface area contributed by atoms with Gasteiger partial charge in [-0.05, 0) is 39.0 Å². The minimum Gasteiger partial charge on any atom is -0.444 e. The molecular weight excluding hydrogens is 378 g/mol. The highest BCUT2D eigenvalue weighted by Crippen LogP contribution is 2.35. The highest BCUT2D eigenvalue weighted by Gasteiger charge is 2.37. The quantitative estimate of drug-likeness (QED) is 0.608. The Kier molecular flexibility index (Phi) is 4.50. The van der Waals surface area contributed by atoms with Crippen molar-refractivity contribution in [3.63, 3.8) is 0 Å². The number of nitrogens with zero attached hydrogens (tertiary/aromatic N) is 5. The summed E-state index contributed by atoms with van der Waals surface area (Å²) in [5, 5.41) is 5.07. The van der Waals surface area contributed by atoms with Crippen LogP contribution in [0.2, 0.25) is 5.15 Å². The summed E-state index contributed by atoms with van der Waals surface area (Å²) < 4.78 is 7.22. The number of rotatable bonds is 2. The monoisotopic (exact) mass is 399 g/mol. The molecule has 1 aliphatic rings. The topological polar surface area (TPSA) is 73.1 Å². The van der Waals surface area contributed by atoms with Gasteiger partial charge in [-0.25, -0.2) is 9.78 Å². The summed E-state index contributed by atoms with van der Waals surface area (Å²) in [5.41, 5.74) is 3.91. The molecule has 1 fully saturated rings. The van der Waals surface area contributed by atoms with Gasteiger partial charge in [-0.3, -0.25) is 9.67 Å². The highest BCUT2D eigenvalue weighted by atomic mass is 35.5. The number of carbonyl (C=O) groups is 1. The molecular formula is C20H22ClN5O2. The predicted octanol–water partition coefficient (Wildman–Crippen LogP) is 4.02. The van der Waals surface area contributed by atoms with Crippen molar-refractivity contribution in [3.8, 4) is 11.1 Å². The van der Waals surface area contributed by atoms with Gasteiger partial charge in [0.05, 0.1) is 16.7 Å². The second kappa shape index (κ2) is 6.74. The molecule has 7 nitrogen and oxygen atoms in total. The summed E-state index contributed by atoms with van der Waals surface area (Å²) in [6, 6.07) is 5.55. The molecule has 0 radical (unpaired) electrons. The van der Waals surface area contributed by atoms with E-state index in [1.807, 2.05) is 52.3 Å². The van der Waals surface area contributed by atoms with Gasteiger partial charge < -0.3 is 9.64 Å². The molecule has 0 aromatic carbocycles. The molecule has 0 unspecified atom stereocenters. The Morgan fingerprint density at radius 2 is 2.00 bits per heavy atom. The number of likely N-dealkylation sites (tertiary alicyclic amines) is 1. The van der Waals surface area contributed by atoms with Crippen LogP contribution in [-0.4, -0.2) is 49.4 Å². The van der Waals surface area contributed by atoms with Crippen molar-refractivity contribution >= 4 is 28.7 Å². The predicted molar refractivity (Wildman–Crippen MR) is 107 cm³/mol. The van der Waals surface area contributed by atoms with Crippen LogP contribution in [0, 0.1) is 0 Å². The van der Waals surface area contributed by atoms with Crippen molar-refractivity contribution in [1.29, 1.82) is 0 Å². The number of ether oxygens (including phenoxy) is 1. The van der Waals surface area contributed by atoms with Crippen molar-refractivity contribution in [3.05, 3.63) is 41.4 Å². The van der Waals surface area contributed by atoms with Gasteiger partial charge in [-0.2, -0.15) is 5.10 Å². The number of halogens is 1. The number of hydrogen-bond acceptors (Lipinski definition) is 5. The van der Waals surface area contributed by atoms with E-state index in [1.54, 1.807) is 15.6 Å². The maximum Gasteiger partial charge on any atom is 0.410 e. The first-order valence-corrected chi connectivity index (χ1v) is 9.51. The summed E-state index contributed by atoms with van der Waals surface area (Å²) in [6.45, 7) is 6.78. The third-order valence-corrected chi connectivity index (χ3v) is 4.80. The van der Waals surface area contributed by atoms with Crippen LogP contribution in [0.3, 0.4) is 0 Å². The summed E-state index contributed by atoms with van der Waals surface area (Å²) in [4.78, 5) is 22.8. The second-order valence-corrected chi connectivity index (χ2v) is 8.47.